The van der Waals surface area contributed by atoms with Gasteiger partial charge in [-0.15, -0.1) is 6.42 Å². The molecule has 1 aromatic carbocycles. The maximum atomic E-state index is 5.35. The molecule has 78 valence electrons. The predicted molar refractivity (Wildman–Crippen MR) is 64.9 cm³/mol. The van der Waals surface area contributed by atoms with Gasteiger partial charge < -0.3 is 0 Å². The average molecular weight is 208 g/mol. The summed E-state index contributed by atoms with van der Waals surface area (Å²) < 4.78 is 0. The fourth-order valence-corrected chi connectivity index (χ4v) is 1.47. The summed E-state index contributed by atoms with van der Waals surface area (Å²) in [5, 5.41) is 0. The van der Waals surface area contributed by atoms with Crippen LogP contribution in [0.15, 0.2) is 30.3 Å². The molecule has 16 heavy (non-hydrogen) atoms. The van der Waals surface area contributed by atoms with E-state index in [1.807, 2.05) is 38.1 Å². The summed E-state index contributed by atoms with van der Waals surface area (Å²) in [4.78, 5) is 8.68. The van der Waals surface area contributed by atoms with Gasteiger partial charge in [0.15, 0.2) is 5.82 Å². The van der Waals surface area contributed by atoms with Crippen molar-refractivity contribution in [2.24, 2.45) is 0 Å². The van der Waals surface area contributed by atoms with Crippen molar-refractivity contribution in [2.45, 2.75) is 13.8 Å². The van der Waals surface area contributed by atoms with E-state index >= 15 is 0 Å². The minimum Gasteiger partial charge on any atom is -0.233 e. The highest BCUT2D eigenvalue weighted by Gasteiger charge is 2.03. The number of benzene rings is 1. The standard InChI is InChI=1S/C14H12N2/c1-4-13-9-11(3)15-14(16-13)12-7-5-10(2)6-8-12/h1,5-9H,2-3H3. The molecule has 1 heterocycles. The Morgan fingerprint density at radius 1 is 1.06 bits per heavy atom. The molecule has 0 amide bonds. The first kappa shape index (κ1) is 10.4. The van der Waals surface area contributed by atoms with Crippen molar-refractivity contribution in [3.63, 3.8) is 0 Å². The van der Waals surface area contributed by atoms with Crippen molar-refractivity contribution < 1.29 is 0 Å². The summed E-state index contributed by atoms with van der Waals surface area (Å²) in [6.45, 7) is 3.97. The first-order valence-corrected chi connectivity index (χ1v) is 5.08. The molecule has 0 aliphatic rings. The maximum Gasteiger partial charge on any atom is 0.160 e. The van der Waals surface area contributed by atoms with Gasteiger partial charge in [0.1, 0.15) is 5.69 Å². The SMILES string of the molecule is C#Cc1cc(C)nc(-c2ccc(C)cc2)n1. The molecular weight excluding hydrogens is 196 g/mol. The molecule has 0 unspecified atom stereocenters. The molecule has 0 radical (unpaired) electrons. The van der Waals surface area contributed by atoms with E-state index in [-0.39, 0.29) is 0 Å². The Hall–Kier alpha value is -2.14. The highest BCUT2D eigenvalue weighted by Crippen LogP contribution is 2.16. The van der Waals surface area contributed by atoms with E-state index in [2.05, 4.69) is 15.9 Å². The molecule has 2 rings (SSSR count). The third-order valence-electron chi connectivity index (χ3n) is 2.31. The van der Waals surface area contributed by atoms with E-state index in [4.69, 9.17) is 6.42 Å². The van der Waals surface area contributed by atoms with Crippen LogP contribution in [0.5, 0.6) is 0 Å². The van der Waals surface area contributed by atoms with Crippen LogP contribution in [0.4, 0.5) is 0 Å². The summed E-state index contributed by atoms with van der Waals surface area (Å²) in [5.41, 5.74) is 3.72. The van der Waals surface area contributed by atoms with Crippen LogP contribution in [-0.2, 0) is 0 Å². The van der Waals surface area contributed by atoms with Gasteiger partial charge in [-0.25, -0.2) is 9.97 Å². The third kappa shape index (κ3) is 2.09. The second-order valence-corrected chi connectivity index (χ2v) is 3.73. The largest absolute Gasteiger partial charge is 0.233 e. The molecule has 0 saturated heterocycles. The minimum absolute atomic E-state index is 0.628. The highest BCUT2D eigenvalue weighted by molar-refractivity contribution is 5.56. The Morgan fingerprint density at radius 2 is 1.75 bits per heavy atom. The van der Waals surface area contributed by atoms with Crippen molar-refractivity contribution >= 4 is 0 Å². The minimum atomic E-state index is 0.628. The lowest BCUT2D eigenvalue weighted by Gasteiger charge is -2.03. The van der Waals surface area contributed by atoms with Gasteiger partial charge in [0.25, 0.3) is 0 Å². The Morgan fingerprint density at radius 3 is 2.38 bits per heavy atom. The summed E-state index contributed by atoms with van der Waals surface area (Å²) in [5.74, 6) is 3.23. The summed E-state index contributed by atoms with van der Waals surface area (Å²) in [7, 11) is 0. The van der Waals surface area contributed by atoms with Crippen LogP contribution in [0, 0.1) is 26.2 Å². The zero-order valence-electron chi connectivity index (χ0n) is 9.36. The number of nitrogens with zero attached hydrogens (tertiary/aromatic N) is 2. The number of aromatic nitrogens is 2. The summed E-state index contributed by atoms with van der Waals surface area (Å²) in [6, 6.07) is 9.89. The first-order valence-electron chi connectivity index (χ1n) is 5.08. The van der Waals surface area contributed by atoms with E-state index in [0.717, 1.165) is 11.3 Å². The first-order chi connectivity index (χ1) is 7.69. The maximum absolute atomic E-state index is 5.35. The highest BCUT2D eigenvalue weighted by atomic mass is 14.9. The van der Waals surface area contributed by atoms with Gasteiger partial charge in [0, 0.05) is 11.3 Å². The monoisotopic (exact) mass is 208 g/mol. The Kier molecular flexibility index (Phi) is 2.70. The molecule has 0 aliphatic heterocycles. The zero-order valence-corrected chi connectivity index (χ0v) is 9.36. The molecule has 2 heteroatoms. The Labute approximate surface area is 95.4 Å². The lowest BCUT2D eigenvalue weighted by molar-refractivity contribution is 1.10. The van der Waals surface area contributed by atoms with E-state index in [0.29, 0.717) is 11.5 Å². The molecule has 2 nitrogen and oxygen atoms in total. The van der Waals surface area contributed by atoms with Gasteiger partial charge in [0.2, 0.25) is 0 Å². The van der Waals surface area contributed by atoms with Gasteiger partial charge in [-0.2, -0.15) is 0 Å². The van der Waals surface area contributed by atoms with Crippen molar-refractivity contribution in [3.8, 4) is 23.7 Å². The van der Waals surface area contributed by atoms with Gasteiger partial charge in [-0.05, 0) is 19.9 Å². The molecule has 0 atom stereocenters. The van der Waals surface area contributed by atoms with Crippen LogP contribution in [0.25, 0.3) is 11.4 Å². The molecular formula is C14H12N2. The number of hydrogen-bond donors (Lipinski definition) is 0. The van der Waals surface area contributed by atoms with E-state index in [9.17, 15) is 0 Å². The molecule has 0 aliphatic carbocycles. The van der Waals surface area contributed by atoms with Gasteiger partial charge in [-0.1, -0.05) is 35.7 Å². The number of aryl methyl sites for hydroxylation is 2. The second kappa shape index (κ2) is 4.16. The number of terminal acetylenes is 1. The fourth-order valence-electron chi connectivity index (χ4n) is 1.47. The molecule has 0 bridgehead atoms. The number of rotatable bonds is 1. The quantitative estimate of drug-likeness (QED) is 0.673. The smallest absolute Gasteiger partial charge is 0.160 e. The lowest BCUT2D eigenvalue weighted by atomic mass is 10.1. The molecule has 0 saturated carbocycles. The van der Waals surface area contributed by atoms with E-state index in [1.165, 1.54) is 5.56 Å². The van der Waals surface area contributed by atoms with Gasteiger partial charge >= 0.3 is 0 Å². The topological polar surface area (TPSA) is 25.8 Å². The van der Waals surface area contributed by atoms with Crippen LogP contribution in [0.2, 0.25) is 0 Å². The van der Waals surface area contributed by atoms with Crippen molar-refractivity contribution in [1.82, 2.24) is 9.97 Å². The summed E-state index contributed by atoms with van der Waals surface area (Å²) in [6.07, 6.45) is 5.35. The van der Waals surface area contributed by atoms with Crippen LogP contribution < -0.4 is 0 Å². The second-order valence-electron chi connectivity index (χ2n) is 3.73. The zero-order chi connectivity index (χ0) is 11.5. The Balaban J connectivity index is 2.52. The molecule has 1 aromatic heterocycles. The molecule has 0 N–H and O–H groups in total. The van der Waals surface area contributed by atoms with Crippen LogP contribution in [-0.4, -0.2) is 9.97 Å². The third-order valence-corrected chi connectivity index (χ3v) is 2.31. The van der Waals surface area contributed by atoms with Crippen LogP contribution in [0.1, 0.15) is 17.0 Å². The summed E-state index contributed by atoms with van der Waals surface area (Å²) >= 11 is 0. The number of hydrogen-bond acceptors (Lipinski definition) is 2. The molecule has 2 aromatic rings. The van der Waals surface area contributed by atoms with Crippen molar-refractivity contribution in [3.05, 3.63) is 47.3 Å². The Bertz CT molecular complexity index is 548. The van der Waals surface area contributed by atoms with Crippen molar-refractivity contribution in [2.75, 3.05) is 0 Å². The van der Waals surface area contributed by atoms with Crippen molar-refractivity contribution in [1.29, 1.82) is 0 Å². The van der Waals surface area contributed by atoms with E-state index < -0.39 is 0 Å². The van der Waals surface area contributed by atoms with Gasteiger partial charge in [0.05, 0.1) is 0 Å². The average Bonchev–Trinajstić information content (AvgIpc) is 2.29. The van der Waals surface area contributed by atoms with E-state index in [1.54, 1.807) is 6.07 Å². The lowest BCUT2D eigenvalue weighted by Crippen LogP contribution is -1.94. The van der Waals surface area contributed by atoms with Gasteiger partial charge in [-0.3, -0.25) is 0 Å². The predicted octanol–water partition coefficient (Wildman–Crippen LogP) is 2.74. The normalized spacial score (nSPS) is 9.81. The van der Waals surface area contributed by atoms with Crippen LogP contribution >= 0.6 is 0 Å². The van der Waals surface area contributed by atoms with Crippen LogP contribution in [0.3, 0.4) is 0 Å². The molecule has 0 spiro atoms. The molecule has 0 fully saturated rings. The fraction of sp³-hybridized carbons (Fsp3) is 0.143.